The molecule has 0 saturated heterocycles. The van der Waals surface area contributed by atoms with E-state index in [-0.39, 0.29) is 0 Å². The second-order valence-corrected chi connectivity index (χ2v) is 9.89. The van der Waals surface area contributed by atoms with Crippen LogP contribution in [0.1, 0.15) is 0 Å². The monoisotopic (exact) mass is 513 g/mol. The standard InChI is InChI=1S/C35H23N5/c1-2-7-25(8-3-1)35-37-22-29(23-38-35)39-18-16-26-19-31-30-10-4-5-11-32(30)40(34(31)20-33(26)39)28-14-12-24(13-15-28)27-9-6-17-36-21-27/h1-23H. The molecule has 0 amide bonds. The van der Waals surface area contributed by atoms with E-state index in [0.717, 1.165) is 44.9 Å². The zero-order chi connectivity index (χ0) is 26.5. The highest BCUT2D eigenvalue weighted by Crippen LogP contribution is 2.36. The van der Waals surface area contributed by atoms with Crippen LogP contribution in [-0.2, 0) is 0 Å². The molecule has 0 aliphatic carbocycles. The Morgan fingerprint density at radius 3 is 2.08 bits per heavy atom. The van der Waals surface area contributed by atoms with Crippen LogP contribution in [0.4, 0.5) is 0 Å². The molecule has 0 aliphatic rings. The Morgan fingerprint density at radius 2 is 1.27 bits per heavy atom. The lowest BCUT2D eigenvalue weighted by atomic mass is 10.1. The first-order valence-corrected chi connectivity index (χ1v) is 13.3. The predicted molar refractivity (Wildman–Crippen MR) is 162 cm³/mol. The van der Waals surface area contributed by atoms with Crippen LogP contribution in [-0.4, -0.2) is 24.1 Å². The maximum Gasteiger partial charge on any atom is 0.159 e. The first kappa shape index (κ1) is 22.4. The van der Waals surface area contributed by atoms with Gasteiger partial charge in [0.15, 0.2) is 5.82 Å². The quantitative estimate of drug-likeness (QED) is 0.238. The highest BCUT2D eigenvalue weighted by Gasteiger charge is 2.15. The zero-order valence-electron chi connectivity index (χ0n) is 21.5. The molecule has 0 radical (unpaired) electrons. The van der Waals surface area contributed by atoms with Crippen LogP contribution in [0.15, 0.2) is 140 Å². The Hall–Kier alpha value is -5.55. The van der Waals surface area contributed by atoms with Crippen LogP contribution in [0.5, 0.6) is 0 Å². The van der Waals surface area contributed by atoms with Crippen molar-refractivity contribution in [1.29, 1.82) is 0 Å². The molecule has 0 spiro atoms. The summed E-state index contributed by atoms with van der Waals surface area (Å²) in [5.74, 6) is 0.720. The Bertz CT molecular complexity index is 2120. The van der Waals surface area contributed by atoms with Gasteiger partial charge in [-0.2, -0.15) is 0 Å². The van der Waals surface area contributed by atoms with Gasteiger partial charge in [0.1, 0.15) is 0 Å². The summed E-state index contributed by atoms with van der Waals surface area (Å²) < 4.78 is 4.51. The summed E-state index contributed by atoms with van der Waals surface area (Å²) in [6.07, 6.45) is 9.59. The molecule has 0 N–H and O–H groups in total. The van der Waals surface area contributed by atoms with Crippen molar-refractivity contribution in [3.8, 4) is 33.9 Å². The molecule has 0 aliphatic heterocycles. The Balaban J connectivity index is 1.29. The van der Waals surface area contributed by atoms with Gasteiger partial charge in [0, 0.05) is 46.0 Å². The maximum absolute atomic E-state index is 4.67. The van der Waals surface area contributed by atoms with Crippen LogP contribution in [0.25, 0.3) is 66.6 Å². The molecule has 188 valence electrons. The number of rotatable bonds is 4. The molecule has 5 nitrogen and oxygen atoms in total. The van der Waals surface area contributed by atoms with Gasteiger partial charge in [-0.25, -0.2) is 9.97 Å². The van der Waals surface area contributed by atoms with Gasteiger partial charge in [-0.1, -0.05) is 66.7 Å². The lowest BCUT2D eigenvalue weighted by Gasteiger charge is -2.10. The molecule has 0 unspecified atom stereocenters. The third-order valence-electron chi connectivity index (χ3n) is 7.55. The molecule has 0 atom stereocenters. The third kappa shape index (κ3) is 3.60. The molecule has 4 aromatic carbocycles. The highest BCUT2D eigenvalue weighted by atomic mass is 15.0. The fourth-order valence-electron chi connectivity index (χ4n) is 5.62. The molecule has 4 heterocycles. The van der Waals surface area contributed by atoms with Gasteiger partial charge in [0.05, 0.1) is 34.6 Å². The van der Waals surface area contributed by atoms with Gasteiger partial charge in [-0.3, -0.25) is 4.98 Å². The van der Waals surface area contributed by atoms with Gasteiger partial charge in [-0.15, -0.1) is 0 Å². The van der Waals surface area contributed by atoms with Crippen molar-refractivity contribution >= 4 is 32.7 Å². The summed E-state index contributed by atoms with van der Waals surface area (Å²) in [6, 6.07) is 38.2. The molecular weight excluding hydrogens is 490 g/mol. The largest absolute Gasteiger partial charge is 0.314 e. The zero-order valence-corrected chi connectivity index (χ0v) is 21.5. The molecule has 0 bridgehead atoms. The number of hydrogen-bond donors (Lipinski definition) is 0. The van der Waals surface area contributed by atoms with Gasteiger partial charge in [0.2, 0.25) is 0 Å². The number of hydrogen-bond acceptors (Lipinski definition) is 3. The average Bonchev–Trinajstić information content (AvgIpc) is 3.59. The summed E-state index contributed by atoms with van der Waals surface area (Å²) in [5, 5.41) is 3.64. The molecular formula is C35H23N5. The van der Waals surface area contributed by atoms with Crippen LogP contribution in [0, 0.1) is 0 Å². The second-order valence-electron chi connectivity index (χ2n) is 9.89. The minimum Gasteiger partial charge on any atom is -0.314 e. The number of benzene rings is 4. The molecule has 5 heteroatoms. The molecule has 8 aromatic rings. The molecule has 8 rings (SSSR count). The van der Waals surface area contributed by atoms with E-state index in [1.807, 2.05) is 55.0 Å². The molecule has 0 fully saturated rings. The SMILES string of the molecule is c1ccc(-c2ncc(-n3ccc4cc5c6ccccc6n(-c6ccc(-c7cccnc7)cc6)c5cc43)cn2)cc1. The van der Waals surface area contributed by atoms with Gasteiger partial charge in [-0.05, 0) is 53.6 Å². The predicted octanol–water partition coefficient (Wildman–Crippen LogP) is 8.25. The van der Waals surface area contributed by atoms with E-state index in [2.05, 4.69) is 103 Å². The molecule has 40 heavy (non-hydrogen) atoms. The maximum atomic E-state index is 4.67. The number of nitrogens with zero attached hydrogens (tertiary/aromatic N) is 5. The van der Waals surface area contributed by atoms with E-state index >= 15 is 0 Å². The molecule has 0 saturated carbocycles. The summed E-state index contributed by atoms with van der Waals surface area (Å²) in [6.45, 7) is 0. The van der Waals surface area contributed by atoms with E-state index < -0.39 is 0 Å². The van der Waals surface area contributed by atoms with E-state index in [4.69, 9.17) is 0 Å². The Labute approximate surface area is 230 Å². The van der Waals surface area contributed by atoms with Crippen molar-refractivity contribution in [2.24, 2.45) is 0 Å². The van der Waals surface area contributed by atoms with Crippen molar-refractivity contribution in [3.05, 3.63) is 140 Å². The lowest BCUT2D eigenvalue weighted by molar-refractivity contribution is 1.05. The van der Waals surface area contributed by atoms with Crippen molar-refractivity contribution in [2.75, 3.05) is 0 Å². The fourth-order valence-corrected chi connectivity index (χ4v) is 5.62. The van der Waals surface area contributed by atoms with Crippen LogP contribution in [0.2, 0.25) is 0 Å². The van der Waals surface area contributed by atoms with E-state index in [1.165, 1.54) is 21.7 Å². The Kier molecular flexibility index (Phi) is 5.07. The number of fused-ring (bicyclic) bond motifs is 4. The van der Waals surface area contributed by atoms with E-state index in [0.29, 0.717) is 0 Å². The summed E-state index contributed by atoms with van der Waals surface area (Å²) in [7, 11) is 0. The van der Waals surface area contributed by atoms with E-state index in [9.17, 15) is 0 Å². The topological polar surface area (TPSA) is 48.5 Å². The average molecular weight is 514 g/mol. The van der Waals surface area contributed by atoms with Crippen LogP contribution in [0.3, 0.4) is 0 Å². The number of para-hydroxylation sites is 1. The summed E-state index contributed by atoms with van der Waals surface area (Å²) in [4.78, 5) is 13.6. The normalized spacial score (nSPS) is 11.5. The third-order valence-corrected chi connectivity index (χ3v) is 7.55. The fraction of sp³-hybridized carbons (Fsp3) is 0. The van der Waals surface area contributed by atoms with Gasteiger partial charge >= 0.3 is 0 Å². The minimum absolute atomic E-state index is 0.720. The number of aromatic nitrogens is 5. The first-order valence-electron chi connectivity index (χ1n) is 13.3. The summed E-state index contributed by atoms with van der Waals surface area (Å²) >= 11 is 0. The van der Waals surface area contributed by atoms with E-state index in [1.54, 1.807) is 6.20 Å². The molecule has 4 aromatic heterocycles. The van der Waals surface area contributed by atoms with Crippen LogP contribution < -0.4 is 0 Å². The van der Waals surface area contributed by atoms with Crippen LogP contribution >= 0.6 is 0 Å². The number of pyridine rings is 1. The van der Waals surface area contributed by atoms with Crippen molar-refractivity contribution in [1.82, 2.24) is 24.1 Å². The smallest absolute Gasteiger partial charge is 0.159 e. The van der Waals surface area contributed by atoms with Crippen molar-refractivity contribution in [3.63, 3.8) is 0 Å². The minimum atomic E-state index is 0.720. The van der Waals surface area contributed by atoms with Gasteiger partial charge < -0.3 is 9.13 Å². The van der Waals surface area contributed by atoms with Crippen molar-refractivity contribution < 1.29 is 0 Å². The van der Waals surface area contributed by atoms with Crippen molar-refractivity contribution in [2.45, 2.75) is 0 Å². The second kappa shape index (κ2) is 9.03. The Morgan fingerprint density at radius 1 is 0.500 bits per heavy atom. The lowest BCUT2D eigenvalue weighted by Crippen LogP contribution is -1.97. The van der Waals surface area contributed by atoms with Gasteiger partial charge in [0.25, 0.3) is 0 Å². The highest BCUT2D eigenvalue weighted by molar-refractivity contribution is 6.13. The summed E-state index contributed by atoms with van der Waals surface area (Å²) in [5.41, 5.74) is 8.76. The first-order chi connectivity index (χ1) is 19.8.